The first-order valence-corrected chi connectivity index (χ1v) is 9.20. The van der Waals surface area contributed by atoms with E-state index in [1.165, 1.54) is 0 Å². The number of nitrogens with zero attached hydrogens (tertiary/aromatic N) is 2. The first-order valence-electron chi connectivity index (χ1n) is 9.20. The van der Waals surface area contributed by atoms with Crippen LogP contribution in [0.15, 0.2) is 18.2 Å². The largest absolute Gasteiger partial charge is 0.444 e. The number of rotatable bonds is 4. The molecular formula is C19H26FN3O5. The van der Waals surface area contributed by atoms with Crippen molar-refractivity contribution in [2.24, 2.45) is 5.92 Å². The standard InChI is InChI=1S/C19H26FN3O5/c1-12(13-6-5-9-22(11-13)18(25)28-19(2,3)4)21-17(24)15-8-7-14(23(26)27)10-16(15)20/h7-8,10,12-13H,5-6,9,11H2,1-4H3,(H,21,24). The number of halogens is 1. The van der Waals surface area contributed by atoms with E-state index >= 15 is 0 Å². The number of benzene rings is 1. The molecule has 2 amide bonds. The fraction of sp³-hybridized carbons (Fsp3) is 0.579. The molecule has 1 N–H and O–H groups in total. The Bertz CT molecular complexity index is 762. The highest BCUT2D eigenvalue weighted by Gasteiger charge is 2.31. The van der Waals surface area contributed by atoms with Gasteiger partial charge >= 0.3 is 6.09 Å². The molecule has 28 heavy (non-hydrogen) atoms. The van der Waals surface area contributed by atoms with Gasteiger partial charge in [0.2, 0.25) is 0 Å². The minimum atomic E-state index is -0.946. The summed E-state index contributed by atoms with van der Waals surface area (Å²) in [5.41, 5.74) is -1.25. The average molecular weight is 395 g/mol. The number of piperidine rings is 1. The first-order chi connectivity index (χ1) is 13.0. The predicted octanol–water partition coefficient (Wildman–Crippen LogP) is 3.50. The van der Waals surface area contributed by atoms with Crippen LogP contribution in [0.25, 0.3) is 0 Å². The smallest absolute Gasteiger partial charge is 0.410 e. The summed E-state index contributed by atoms with van der Waals surface area (Å²) in [5, 5.41) is 13.4. The number of non-ortho nitro benzene ring substituents is 1. The molecule has 1 fully saturated rings. The molecule has 0 bridgehead atoms. The van der Waals surface area contributed by atoms with Crippen LogP contribution in [0.3, 0.4) is 0 Å². The van der Waals surface area contributed by atoms with Crippen molar-refractivity contribution in [1.82, 2.24) is 10.2 Å². The minimum Gasteiger partial charge on any atom is -0.444 e. The number of nitro benzene ring substituents is 1. The number of hydrogen-bond acceptors (Lipinski definition) is 5. The van der Waals surface area contributed by atoms with Crippen LogP contribution in [0.2, 0.25) is 0 Å². The van der Waals surface area contributed by atoms with Crippen LogP contribution in [-0.4, -0.2) is 46.6 Å². The molecular weight excluding hydrogens is 369 g/mol. The number of carbonyl (C=O) groups excluding carboxylic acids is 2. The second kappa shape index (κ2) is 8.53. The highest BCUT2D eigenvalue weighted by Crippen LogP contribution is 2.23. The minimum absolute atomic E-state index is 0.00803. The first kappa shape index (κ1) is 21.6. The molecule has 2 rings (SSSR count). The van der Waals surface area contributed by atoms with Crippen molar-refractivity contribution in [3.8, 4) is 0 Å². The molecule has 1 aliphatic rings. The molecule has 2 atom stereocenters. The van der Waals surface area contributed by atoms with Gasteiger partial charge in [-0.15, -0.1) is 0 Å². The number of nitrogens with one attached hydrogen (secondary N) is 1. The molecule has 0 aliphatic carbocycles. The van der Waals surface area contributed by atoms with Crippen molar-refractivity contribution >= 4 is 17.7 Å². The average Bonchev–Trinajstić information content (AvgIpc) is 2.60. The Kier molecular flexibility index (Phi) is 6.58. The lowest BCUT2D eigenvalue weighted by Crippen LogP contribution is -2.49. The summed E-state index contributed by atoms with van der Waals surface area (Å²) in [4.78, 5) is 36.2. The van der Waals surface area contributed by atoms with Gasteiger partial charge in [-0.05, 0) is 52.5 Å². The lowest BCUT2D eigenvalue weighted by Gasteiger charge is -2.36. The number of amides is 2. The van der Waals surface area contributed by atoms with Gasteiger partial charge in [-0.25, -0.2) is 9.18 Å². The van der Waals surface area contributed by atoms with E-state index in [4.69, 9.17) is 4.74 Å². The Hall–Kier alpha value is -2.71. The molecule has 1 saturated heterocycles. The van der Waals surface area contributed by atoms with Gasteiger partial charge in [-0.2, -0.15) is 0 Å². The molecule has 1 aromatic rings. The number of carbonyl (C=O) groups is 2. The Morgan fingerprint density at radius 1 is 1.39 bits per heavy atom. The van der Waals surface area contributed by atoms with Crippen LogP contribution < -0.4 is 5.32 Å². The third-order valence-corrected chi connectivity index (χ3v) is 4.58. The van der Waals surface area contributed by atoms with Gasteiger partial charge in [0.05, 0.1) is 16.6 Å². The van der Waals surface area contributed by atoms with Crippen LogP contribution in [0.5, 0.6) is 0 Å². The van der Waals surface area contributed by atoms with Gasteiger partial charge in [-0.3, -0.25) is 14.9 Å². The van der Waals surface area contributed by atoms with Crippen LogP contribution in [0.1, 0.15) is 50.9 Å². The lowest BCUT2D eigenvalue weighted by atomic mass is 9.91. The predicted molar refractivity (Wildman–Crippen MR) is 101 cm³/mol. The van der Waals surface area contributed by atoms with Crippen molar-refractivity contribution in [3.63, 3.8) is 0 Å². The molecule has 2 unspecified atom stereocenters. The molecule has 1 aliphatic heterocycles. The van der Waals surface area contributed by atoms with Crippen molar-refractivity contribution in [1.29, 1.82) is 0 Å². The van der Waals surface area contributed by atoms with Crippen LogP contribution in [0, 0.1) is 21.8 Å². The van der Waals surface area contributed by atoms with Gasteiger partial charge < -0.3 is 15.0 Å². The highest BCUT2D eigenvalue weighted by atomic mass is 19.1. The van der Waals surface area contributed by atoms with E-state index in [9.17, 15) is 24.1 Å². The zero-order valence-corrected chi connectivity index (χ0v) is 16.5. The molecule has 1 aromatic carbocycles. The summed E-state index contributed by atoms with van der Waals surface area (Å²) in [6.45, 7) is 8.21. The monoisotopic (exact) mass is 395 g/mol. The summed E-state index contributed by atoms with van der Waals surface area (Å²) >= 11 is 0. The van der Waals surface area contributed by atoms with Crippen LogP contribution >= 0.6 is 0 Å². The summed E-state index contributed by atoms with van der Waals surface area (Å²) in [5.74, 6) is -1.60. The van der Waals surface area contributed by atoms with E-state index in [2.05, 4.69) is 5.32 Å². The Balaban J connectivity index is 2.00. The van der Waals surface area contributed by atoms with E-state index < -0.39 is 34.0 Å². The number of hydrogen-bond donors (Lipinski definition) is 1. The van der Waals surface area contributed by atoms with Crippen molar-refractivity contribution in [3.05, 3.63) is 39.7 Å². The second-order valence-corrected chi connectivity index (χ2v) is 8.01. The SMILES string of the molecule is CC(NC(=O)c1ccc([N+](=O)[O-])cc1F)C1CCCN(C(=O)OC(C)(C)C)C1. The summed E-state index contributed by atoms with van der Waals surface area (Å²) in [7, 11) is 0. The molecule has 0 radical (unpaired) electrons. The van der Waals surface area contributed by atoms with Gasteiger partial charge in [0.15, 0.2) is 0 Å². The van der Waals surface area contributed by atoms with Crippen LogP contribution in [-0.2, 0) is 4.74 Å². The van der Waals surface area contributed by atoms with E-state index in [0.717, 1.165) is 31.0 Å². The molecule has 9 heteroatoms. The van der Waals surface area contributed by atoms with Gasteiger partial charge in [-0.1, -0.05) is 0 Å². The van der Waals surface area contributed by atoms with Gasteiger partial charge in [0.25, 0.3) is 11.6 Å². The normalized spacial score (nSPS) is 18.3. The Labute approximate surface area is 163 Å². The number of ether oxygens (including phenoxy) is 1. The maximum Gasteiger partial charge on any atom is 0.410 e. The van der Waals surface area contributed by atoms with Crippen molar-refractivity contribution in [2.75, 3.05) is 13.1 Å². The number of likely N-dealkylation sites (tertiary alicyclic amines) is 1. The lowest BCUT2D eigenvalue weighted by molar-refractivity contribution is -0.385. The quantitative estimate of drug-likeness (QED) is 0.621. The third-order valence-electron chi connectivity index (χ3n) is 4.58. The van der Waals surface area contributed by atoms with Crippen molar-refractivity contribution < 1.29 is 23.6 Å². The summed E-state index contributed by atoms with van der Waals surface area (Å²) < 4.78 is 19.4. The molecule has 154 valence electrons. The van der Waals surface area contributed by atoms with E-state index in [1.807, 2.05) is 0 Å². The van der Waals surface area contributed by atoms with E-state index in [1.54, 1.807) is 32.6 Å². The number of nitro groups is 1. The zero-order chi connectivity index (χ0) is 21.1. The molecule has 0 spiro atoms. The highest BCUT2D eigenvalue weighted by molar-refractivity contribution is 5.94. The van der Waals surface area contributed by atoms with E-state index in [-0.39, 0.29) is 17.5 Å². The maximum absolute atomic E-state index is 14.0. The Morgan fingerprint density at radius 2 is 2.07 bits per heavy atom. The fourth-order valence-electron chi connectivity index (χ4n) is 3.11. The van der Waals surface area contributed by atoms with Crippen LogP contribution in [0.4, 0.5) is 14.9 Å². The summed E-state index contributed by atoms with van der Waals surface area (Å²) in [6, 6.07) is 2.61. The molecule has 1 heterocycles. The molecule has 8 nitrogen and oxygen atoms in total. The maximum atomic E-state index is 14.0. The third kappa shape index (κ3) is 5.64. The van der Waals surface area contributed by atoms with Crippen molar-refractivity contribution in [2.45, 2.75) is 52.2 Å². The van der Waals surface area contributed by atoms with Gasteiger partial charge in [0, 0.05) is 25.2 Å². The molecule has 0 saturated carbocycles. The summed E-state index contributed by atoms with van der Waals surface area (Å²) in [6.07, 6.45) is 1.19. The van der Waals surface area contributed by atoms with E-state index in [0.29, 0.717) is 13.1 Å². The second-order valence-electron chi connectivity index (χ2n) is 8.01. The van der Waals surface area contributed by atoms with Gasteiger partial charge in [0.1, 0.15) is 11.4 Å². The fourth-order valence-corrected chi connectivity index (χ4v) is 3.11. The topological polar surface area (TPSA) is 102 Å². The molecule has 0 aromatic heterocycles. The zero-order valence-electron chi connectivity index (χ0n) is 16.5. The Morgan fingerprint density at radius 3 is 2.64 bits per heavy atom.